The molecule has 0 saturated carbocycles. The summed E-state index contributed by atoms with van der Waals surface area (Å²) < 4.78 is 53.2. The second kappa shape index (κ2) is 15.4. The topological polar surface area (TPSA) is 105 Å². The van der Waals surface area contributed by atoms with Crippen molar-refractivity contribution >= 4 is 27.5 Å². The molecular formula is C32H40FN3O6S. The SMILES string of the molecule is CCOc1ccc(N(CC(=O)N(Cc2ccc(OC)cc2)[C@@H](CC)C(=O)N[C@H](C)CC)S(=O)(=O)c2ccc(F)cc2)cc1. The molecular weight excluding hydrogens is 573 g/mol. The Balaban J connectivity index is 2.06. The molecule has 232 valence electrons. The largest absolute Gasteiger partial charge is 0.497 e. The van der Waals surface area contributed by atoms with Gasteiger partial charge in [-0.2, -0.15) is 0 Å². The summed E-state index contributed by atoms with van der Waals surface area (Å²) in [7, 11) is -2.77. The molecule has 0 spiro atoms. The highest BCUT2D eigenvalue weighted by Crippen LogP contribution is 2.27. The molecule has 0 fully saturated rings. The molecule has 0 aliphatic carbocycles. The first-order valence-electron chi connectivity index (χ1n) is 14.3. The average Bonchev–Trinajstić information content (AvgIpc) is 3.00. The Hall–Kier alpha value is -4.12. The summed E-state index contributed by atoms with van der Waals surface area (Å²) in [4.78, 5) is 28.7. The molecule has 1 N–H and O–H groups in total. The van der Waals surface area contributed by atoms with Crippen molar-refractivity contribution in [3.05, 3.63) is 84.2 Å². The van der Waals surface area contributed by atoms with Crippen LogP contribution in [0.1, 0.15) is 46.1 Å². The van der Waals surface area contributed by atoms with Gasteiger partial charge in [0.15, 0.2) is 0 Å². The summed E-state index contributed by atoms with van der Waals surface area (Å²) in [5, 5.41) is 2.95. The molecule has 0 unspecified atom stereocenters. The van der Waals surface area contributed by atoms with Crippen LogP contribution in [0.4, 0.5) is 10.1 Å². The number of hydrogen-bond donors (Lipinski definition) is 1. The molecule has 43 heavy (non-hydrogen) atoms. The second-order valence-corrected chi connectivity index (χ2v) is 11.9. The number of nitrogens with zero attached hydrogens (tertiary/aromatic N) is 2. The Morgan fingerprint density at radius 2 is 1.49 bits per heavy atom. The second-order valence-electron chi connectivity index (χ2n) is 10.0. The van der Waals surface area contributed by atoms with E-state index in [1.807, 2.05) is 20.8 Å². The van der Waals surface area contributed by atoms with Gasteiger partial charge in [0.2, 0.25) is 11.8 Å². The number of halogens is 1. The fraction of sp³-hybridized carbons (Fsp3) is 0.375. The first-order chi connectivity index (χ1) is 20.5. The van der Waals surface area contributed by atoms with Crippen LogP contribution in [-0.2, 0) is 26.2 Å². The molecule has 0 heterocycles. The Morgan fingerprint density at radius 1 is 0.884 bits per heavy atom. The molecule has 0 aliphatic heterocycles. The number of carbonyl (C=O) groups excluding carboxylic acids is 2. The van der Waals surface area contributed by atoms with Crippen LogP contribution in [0.15, 0.2) is 77.7 Å². The van der Waals surface area contributed by atoms with Gasteiger partial charge in [0.25, 0.3) is 10.0 Å². The number of sulfonamides is 1. The summed E-state index contributed by atoms with van der Waals surface area (Å²) in [6.45, 7) is 7.34. The third-order valence-electron chi connectivity index (χ3n) is 7.02. The maximum atomic E-state index is 14.1. The Kier molecular flexibility index (Phi) is 11.9. The highest BCUT2D eigenvalue weighted by atomic mass is 32.2. The van der Waals surface area contributed by atoms with Crippen LogP contribution >= 0.6 is 0 Å². The van der Waals surface area contributed by atoms with E-state index in [2.05, 4.69) is 5.32 Å². The molecule has 0 aliphatic rings. The number of hydrogen-bond acceptors (Lipinski definition) is 6. The van der Waals surface area contributed by atoms with Gasteiger partial charge in [-0.1, -0.05) is 26.0 Å². The average molecular weight is 614 g/mol. The van der Waals surface area contributed by atoms with Gasteiger partial charge in [-0.05, 0) is 92.9 Å². The van der Waals surface area contributed by atoms with Crippen LogP contribution in [0.25, 0.3) is 0 Å². The van der Waals surface area contributed by atoms with Gasteiger partial charge in [-0.15, -0.1) is 0 Å². The van der Waals surface area contributed by atoms with E-state index in [1.54, 1.807) is 62.6 Å². The molecule has 11 heteroatoms. The van der Waals surface area contributed by atoms with Crippen molar-refractivity contribution in [1.82, 2.24) is 10.2 Å². The van der Waals surface area contributed by atoms with E-state index < -0.39 is 34.3 Å². The van der Waals surface area contributed by atoms with Crippen molar-refractivity contribution < 1.29 is 31.9 Å². The number of anilines is 1. The Morgan fingerprint density at radius 3 is 2.02 bits per heavy atom. The van der Waals surface area contributed by atoms with Crippen molar-refractivity contribution in [2.45, 2.75) is 64.1 Å². The molecule has 3 aromatic carbocycles. The lowest BCUT2D eigenvalue weighted by Crippen LogP contribution is -2.53. The number of benzene rings is 3. The maximum Gasteiger partial charge on any atom is 0.264 e. The first kappa shape index (κ1) is 33.4. The highest BCUT2D eigenvalue weighted by molar-refractivity contribution is 7.92. The maximum absolute atomic E-state index is 14.1. The lowest BCUT2D eigenvalue weighted by molar-refractivity contribution is -0.140. The Labute approximate surface area is 253 Å². The summed E-state index contributed by atoms with van der Waals surface area (Å²) in [5.41, 5.74) is 0.945. The summed E-state index contributed by atoms with van der Waals surface area (Å²) >= 11 is 0. The number of rotatable bonds is 15. The molecule has 0 radical (unpaired) electrons. The molecule has 9 nitrogen and oxygen atoms in total. The number of carbonyl (C=O) groups is 2. The van der Waals surface area contributed by atoms with Crippen LogP contribution < -0.4 is 19.1 Å². The van der Waals surface area contributed by atoms with Crippen molar-refractivity contribution in [2.24, 2.45) is 0 Å². The summed E-state index contributed by atoms with van der Waals surface area (Å²) in [6, 6.07) is 16.8. The lowest BCUT2D eigenvalue weighted by Gasteiger charge is -2.33. The van der Waals surface area contributed by atoms with E-state index in [9.17, 15) is 22.4 Å². The van der Waals surface area contributed by atoms with E-state index in [0.29, 0.717) is 30.9 Å². The van der Waals surface area contributed by atoms with Gasteiger partial charge in [-0.3, -0.25) is 13.9 Å². The van der Waals surface area contributed by atoms with Crippen LogP contribution in [0.5, 0.6) is 11.5 Å². The molecule has 3 aromatic rings. The van der Waals surface area contributed by atoms with E-state index >= 15 is 0 Å². The smallest absolute Gasteiger partial charge is 0.264 e. The molecule has 0 bridgehead atoms. The van der Waals surface area contributed by atoms with Crippen molar-refractivity contribution in [3.8, 4) is 11.5 Å². The fourth-order valence-electron chi connectivity index (χ4n) is 4.43. The lowest BCUT2D eigenvalue weighted by atomic mass is 10.1. The molecule has 0 saturated heterocycles. The van der Waals surface area contributed by atoms with E-state index in [4.69, 9.17) is 9.47 Å². The summed E-state index contributed by atoms with van der Waals surface area (Å²) in [5.74, 6) is -0.332. The zero-order chi connectivity index (χ0) is 31.6. The third kappa shape index (κ3) is 8.70. The number of amides is 2. The van der Waals surface area contributed by atoms with Crippen molar-refractivity contribution in [1.29, 1.82) is 0 Å². The minimum Gasteiger partial charge on any atom is -0.497 e. The first-order valence-corrected chi connectivity index (χ1v) is 15.7. The molecule has 2 atom stereocenters. The van der Waals surface area contributed by atoms with E-state index in [1.165, 1.54) is 4.90 Å². The molecule has 0 aromatic heterocycles. The minimum absolute atomic E-state index is 0.0585. The van der Waals surface area contributed by atoms with Gasteiger partial charge in [0, 0.05) is 12.6 Å². The van der Waals surface area contributed by atoms with Crippen molar-refractivity contribution in [3.63, 3.8) is 0 Å². The number of ether oxygens (including phenoxy) is 2. The van der Waals surface area contributed by atoms with Gasteiger partial charge in [0.05, 0.1) is 24.3 Å². The van der Waals surface area contributed by atoms with E-state index in [-0.39, 0.29) is 29.1 Å². The standard InChI is InChI=1S/C32H40FN3O6S/c1-6-23(4)34-32(38)30(7-2)35(21-24-9-15-27(41-5)16-10-24)31(37)22-36(26-13-17-28(18-14-26)42-8-3)43(39,40)29-19-11-25(33)12-20-29/h9-20,23,30H,6-8,21-22H2,1-5H3,(H,34,38)/t23-,30+/m1/s1. The Bertz CT molecular complexity index is 1450. The van der Waals surface area contributed by atoms with Crippen LogP contribution in [0, 0.1) is 5.82 Å². The normalized spacial score (nSPS) is 12.6. The predicted octanol–water partition coefficient (Wildman–Crippen LogP) is 5.15. The fourth-order valence-corrected chi connectivity index (χ4v) is 5.84. The van der Waals surface area contributed by atoms with Crippen LogP contribution in [-0.4, -0.2) is 57.5 Å². The zero-order valence-electron chi connectivity index (χ0n) is 25.2. The zero-order valence-corrected chi connectivity index (χ0v) is 26.1. The van der Waals surface area contributed by atoms with Crippen molar-refractivity contribution in [2.75, 3.05) is 24.6 Å². The van der Waals surface area contributed by atoms with Crippen LogP contribution in [0.3, 0.4) is 0 Å². The number of methoxy groups -OCH3 is 1. The highest BCUT2D eigenvalue weighted by Gasteiger charge is 2.34. The minimum atomic E-state index is -4.32. The van der Waals surface area contributed by atoms with Gasteiger partial charge in [0.1, 0.15) is 29.9 Å². The van der Waals surface area contributed by atoms with Crippen LogP contribution in [0.2, 0.25) is 0 Å². The molecule has 2 amide bonds. The predicted molar refractivity (Wildman–Crippen MR) is 164 cm³/mol. The number of nitrogens with one attached hydrogen (secondary N) is 1. The van der Waals surface area contributed by atoms with Gasteiger partial charge < -0.3 is 19.7 Å². The van der Waals surface area contributed by atoms with Gasteiger partial charge in [-0.25, -0.2) is 12.8 Å². The quantitative estimate of drug-likeness (QED) is 0.254. The summed E-state index contributed by atoms with van der Waals surface area (Å²) in [6.07, 6.45) is 1.01. The van der Waals surface area contributed by atoms with Gasteiger partial charge >= 0.3 is 0 Å². The van der Waals surface area contributed by atoms with E-state index in [0.717, 1.165) is 34.1 Å². The molecule has 3 rings (SSSR count). The third-order valence-corrected chi connectivity index (χ3v) is 8.80. The monoisotopic (exact) mass is 613 g/mol.